The Hall–Kier alpha value is -1.71. The molecular formula is C11H8ClFN2O4S2. The van der Waals surface area contributed by atoms with Crippen LogP contribution in [0.25, 0.3) is 0 Å². The van der Waals surface area contributed by atoms with Gasteiger partial charge in [0.2, 0.25) is 0 Å². The highest BCUT2D eigenvalue weighted by atomic mass is 35.7. The molecule has 0 unspecified atom stereocenters. The number of hydrogen-bond donors (Lipinski definition) is 1. The van der Waals surface area contributed by atoms with Crippen LogP contribution in [0.2, 0.25) is 0 Å². The Kier molecular flexibility index (Phi) is 4.17. The fourth-order valence-electron chi connectivity index (χ4n) is 1.44. The number of sulfonamides is 1. The van der Waals surface area contributed by atoms with Crippen molar-refractivity contribution >= 4 is 35.4 Å². The number of hydrogen-bond acceptors (Lipinski definition) is 5. The van der Waals surface area contributed by atoms with E-state index in [0.717, 1.165) is 18.3 Å². The lowest BCUT2D eigenvalue weighted by Gasteiger charge is -2.09. The SMILES string of the molecule is O=S(=O)(Cl)c1ccc(NS(=O)(=O)c2cccnc2)c(F)c1. The molecule has 0 bridgehead atoms. The van der Waals surface area contributed by atoms with Crippen molar-refractivity contribution in [3.8, 4) is 0 Å². The largest absolute Gasteiger partial charge is 0.277 e. The first kappa shape index (κ1) is 15.7. The molecule has 0 aliphatic heterocycles. The third-order valence-electron chi connectivity index (χ3n) is 2.41. The van der Waals surface area contributed by atoms with Gasteiger partial charge in [0.25, 0.3) is 19.1 Å². The van der Waals surface area contributed by atoms with E-state index in [1.165, 1.54) is 18.3 Å². The van der Waals surface area contributed by atoms with E-state index in [-0.39, 0.29) is 4.90 Å². The van der Waals surface area contributed by atoms with E-state index >= 15 is 0 Å². The fourth-order valence-corrected chi connectivity index (χ4v) is 3.23. The Labute approximate surface area is 125 Å². The molecule has 1 N–H and O–H groups in total. The molecule has 112 valence electrons. The number of nitrogens with one attached hydrogen (secondary N) is 1. The minimum Gasteiger partial charge on any atom is -0.277 e. The number of pyridine rings is 1. The van der Waals surface area contributed by atoms with Gasteiger partial charge in [-0.2, -0.15) is 0 Å². The minimum atomic E-state index is -4.09. The van der Waals surface area contributed by atoms with Crippen LogP contribution in [0.5, 0.6) is 0 Å². The molecule has 2 aromatic rings. The molecule has 21 heavy (non-hydrogen) atoms. The Morgan fingerprint density at radius 3 is 2.33 bits per heavy atom. The molecule has 0 radical (unpaired) electrons. The molecule has 0 aliphatic carbocycles. The molecule has 2 rings (SSSR count). The summed E-state index contributed by atoms with van der Waals surface area (Å²) >= 11 is 0. The maximum absolute atomic E-state index is 13.8. The van der Waals surface area contributed by atoms with Crippen LogP contribution in [0.1, 0.15) is 0 Å². The molecule has 0 atom stereocenters. The molecule has 6 nitrogen and oxygen atoms in total. The monoisotopic (exact) mass is 350 g/mol. The van der Waals surface area contributed by atoms with Crippen molar-refractivity contribution in [1.29, 1.82) is 0 Å². The number of rotatable bonds is 4. The number of aromatic nitrogens is 1. The van der Waals surface area contributed by atoms with E-state index in [1.807, 2.05) is 4.72 Å². The van der Waals surface area contributed by atoms with E-state index in [4.69, 9.17) is 10.7 Å². The zero-order valence-corrected chi connectivity index (χ0v) is 12.6. The highest BCUT2D eigenvalue weighted by molar-refractivity contribution is 8.13. The second-order valence-electron chi connectivity index (χ2n) is 3.87. The summed E-state index contributed by atoms with van der Waals surface area (Å²) in [5.74, 6) is -1.07. The summed E-state index contributed by atoms with van der Waals surface area (Å²) in [6, 6.07) is 5.29. The molecule has 1 heterocycles. The second-order valence-corrected chi connectivity index (χ2v) is 8.12. The summed E-state index contributed by atoms with van der Waals surface area (Å²) in [5.41, 5.74) is -0.400. The number of nitrogens with zero attached hydrogens (tertiary/aromatic N) is 1. The molecule has 1 aromatic heterocycles. The van der Waals surface area contributed by atoms with Crippen molar-refractivity contribution in [2.24, 2.45) is 0 Å². The van der Waals surface area contributed by atoms with Crippen LogP contribution in [0.4, 0.5) is 10.1 Å². The number of halogens is 2. The van der Waals surface area contributed by atoms with Gasteiger partial charge in [-0.15, -0.1) is 0 Å². The van der Waals surface area contributed by atoms with Gasteiger partial charge in [0.05, 0.1) is 10.6 Å². The highest BCUT2D eigenvalue weighted by Gasteiger charge is 2.18. The molecule has 0 fully saturated rings. The van der Waals surface area contributed by atoms with E-state index in [1.54, 1.807) is 0 Å². The van der Waals surface area contributed by atoms with Gasteiger partial charge in [-0.05, 0) is 30.3 Å². The van der Waals surface area contributed by atoms with Gasteiger partial charge >= 0.3 is 0 Å². The Balaban J connectivity index is 2.37. The van der Waals surface area contributed by atoms with Crippen molar-refractivity contribution in [2.45, 2.75) is 9.79 Å². The van der Waals surface area contributed by atoms with Gasteiger partial charge in [0.1, 0.15) is 10.7 Å². The third-order valence-corrected chi connectivity index (χ3v) is 5.11. The van der Waals surface area contributed by atoms with Crippen LogP contribution in [0.3, 0.4) is 0 Å². The average Bonchev–Trinajstić information content (AvgIpc) is 2.41. The first-order valence-corrected chi connectivity index (χ1v) is 9.16. The second kappa shape index (κ2) is 5.58. The molecule has 0 aliphatic rings. The molecule has 0 amide bonds. The summed E-state index contributed by atoms with van der Waals surface area (Å²) < 4.78 is 61.8. The van der Waals surface area contributed by atoms with Gasteiger partial charge in [0, 0.05) is 23.1 Å². The molecule has 0 saturated heterocycles. The zero-order valence-electron chi connectivity index (χ0n) is 10.2. The van der Waals surface area contributed by atoms with E-state index in [2.05, 4.69) is 4.98 Å². The number of benzene rings is 1. The topological polar surface area (TPSA) is 93.2 Å². The summed E-state index contributed by atoms with van der Waals surface area (Å²) in [4.78, 5) is 3.03. The van der Waals surface area contributed by atoms with Gasteiger partial charge in [-0.1, -0.05) is 0 Å². The van der Waals surface area contributed by atoms with Crippen molar-refractivity contribution < 1.29 is 21.2 Å². The van der Waals surface area contributed by atoms with Crippen LogP contribution in [0.15, 0.2) is 52.5 Å². The van der Waals surface area contributed by atoms with Crippen molar-refractivity contribution in [3.05, 3.63) is 48.5 Å². The third kappa shape index (κ3) is 3.69. The highest BCUT2D eigenvalue weighted by Crippen LogP contribution is 2.23. The Morgan fingerprint density at radius 1 is 1.10 bits per heavy atom. The van der Waals surface area contributed by atoms with Crippen LogP contribution in [-0.2, 0) is 19.1 Å². The van der Waals surface area contributed by atoms with Crippen LogP contribution >= 0.6 is 10.7 Å². The molecule has 10 heteroatoms. The van der Waals surface area contributed by atoms with Crippen LogP contribution < -0.4 is 4.72 Å². The lowest BCUT2D eigenvalue weighted by Crippen LogP contribution is -2.14. The first-order valence-electron chi connectivity index (χ1n) is 5.37. The smallest absolute Gasteiger partial charge is 0.263 e. The van der Waals surface area contributed by atoms with E-state index < -0.39 is 35.5 Å². The Bertz CT molecular complexity index is 870. The molecule has 0 saturated carbocycles. The maximum Gasteiger partial charge on any atom is 0.263 e. The van der Waals surface area contributed by atoms with Gasteiger partial charge < -0.3 is 0 Å². The van der Waals surface area contributed by atoms with Crippen molar-refractivity contribution in [2.75, 3.05) is 4.72 Å². The number of anilines is 1. The summed E-state index contributed by atoms with van der Waals surface area (Å²) in [7, 11) is -3.04. The predicted octanol–water partition coefficient (Wildman–Crippen LogP) is 1.95. The minimum absolute atomic E-state index is 0.154. The fraction of sp³-hybridized carbons (Fsp3) is 0. The molecule has 1 aromatic carbocycles. The Morgan fingerprint density at radius 2 is 1.81 bits per heavy atom. The maximum atomic E-state index is 13.8. The predicted molar refractivity (Wildman–Crippen MR) is 74.5 cm³/mol. The quantitative estimate of drug-likeness (QED) is 0.851. The normalized spacial score (nSPS) is 12.1. The standard InChI is InChI=1S/C11H8ClFN2O4S2/c12-20(16,17)8-3-4-11(10(13)6-8)15-21(18,19)9-2-1-5-14-7-9/h1-7,15H. The first-order chi connectivity index (χ1) is 9.70. The van der Waals surface area contributed by atoms with E-state index in [0.29, 0.717) is 6.07 Å². The van der Waals surface area contributed by atoms with Gasteiger partial charge in [-0.3, -0.25) is 9.71 Å². The van der Waals surface area contributed by atoms with Crippen molar-refractivity contribution in [1.82, 2.24) is 4.98 Å². The van der Waals surface area contributed by atoms with Gasteiger partial charge in [0.15, 0.2) is 0 Å². The summed E-state index contributed by atoms with van der Waals surface area (Å²) in [6.45, 7) is 0. The molecule has 0 spiro atoms. The lowest BCUT2D eigenvalue weighted by atomic mass is 10.3. The summed E-state index contributed by atoms with van der Waals surface area (Å²) in [6.07, 6.45) is 2.48. The zero-order chi connectivity index (χ0) is 15.7. The van der Waals surface area contributed by atoms with Crippen molar-refractivity contribution in [3.63, 3.8) is 0 Å². The summed E-state index contributed by atoms with van der Waals surface area (Å²) in [5, 5.41) is 0. The van der Waals surface area contributed by atoms with Gasteiger partial charge in [-0.25, -0.2) is 21.2 Å². The van der Waals surface area contributed by atoms with Crippen LogP contribution in [0, 0.1) is 5.82 Å². The van der Waals surface area contributed by atoms with Crippen LogP contribution in [-0.4, -0.2) is 21.8 Å². The molecular weight excluding hydrogens is 343 g/mol. The average molecular weight is 351 g/mol. The van der Waals surface area contributed by atoms with E-state index in [9.17, 15) is 21.2 Å². The lowest BCUT2D eigenvalue weighted by molar-refractivity contribution is 0.597.